The molecule has 2 aliphatic carbocycles. The summed E-state index contributed by atoms with van der Waals surface area (Å²) in [5.74, 6) is 0.713. The molecule has 2 fully saturated rings. The summed E-state index contributed by atoms with van der Waals surface area (Å²) < 4.78 is 0. The summed E-state index contributed by atoms with van der Waals surface area (Å²) in [4.78, 5) is 10.6. The molecule has 0 bridgehead atoms. The molecule has 3 N–H and O–H groups in total. The Hall–Kier alpha value is -1.06. The number of hydrogen-bond donors (Lipinski definition) is 2. The quantitative estimate of drug-likeness (QED) is 0.613. The van der Waals surface area contributed by atoms with Crippen LogP contribution in [-0.4, -0.2) is 11.7 Å². The highest BCUT2D eigenvalue weighted by atomic mass is 16.2. The number of nitrogens with two attached hydrogens (primary N) is 1. The van der Waals surface area contributed by atoms with E-state index in [-0.39, 0.29) is 0 Å². The molecule has 0 saturated heterocycles. The van der Waals surface area contributed by atoms with Crippen molar-refractivity contribution in [1.29, 1.82) is 0 Å². The average Bonchev–Trinajstić information content (AvgIpc) is 2.89. The second-order valence-electron chi connectivity index (χ2n) is 4.48. The van der Waals surface area contributed by atoms with E-state index in [0.717, 1.165) is 12.1 Å². The fourth-order valence-corrected chi connectivity index (χ4v) is 2.59. The molecule has 0 aromatic carbocycles. The minimum Gasteiger partial charge on any atom is -0.350 e. The Kier molecular flexibility index (Phi) is 2.21. The molecule has 0 aromatic heterocycles. The fourth-order valence-electron chi connectivity index (χ4n) is 2.59. The van der Waals surface area contributed by atoms with Crippen LogP contribution in [0.5, 0.6) is 0 Å². The van der Waals surface area contributed by atoms with E-state index in [9.17, 15) is 4.79 Å². The third-order valence-corrected chi connectivity index (χ3v) is 3.66. The van der Waals surface area contributed by atoms with E-state index in [4.69, 9.17) is 5.73 Å². The molecule has 0 aliphatic heterocycles. The van der Waals surface area contributed by atoms with Crippen LogP contribution in [0.15, 0.2) is 5.10 Å². The molecule has 1 spiro atoms. The number of amides is 2. The van der Waals surface area contributed by atoms with E-state index in [0.29, 0.717) is 11.3 Å². The van der Waals surface area contributed by atoms with Gasteiger partial charge in [0.1, 0.15) is 0 Å². The van der Waals surface area contributed by atoms with Crippen molar-refractivity contribution in [2.45, 2.75) is 39.0 Å². The minimum absolute atomic E-state index is 0.320. The van der Waals surface area contributed by atoms with Crippen LogP contribution < -0.4 is 11.2 Å². The van der Waals surface area contributed by atoms with Crippen molar-refractivity contribution in [3.05, 3.63) is 0 Å². The number of nitrogens with one attached hydrogen (secondary N) is 1. The van der Waals surface area contributed by atoms with Crippen LogP contribution in [0.1, 0.15) is 39.0 Å². The summed E-state index contributed by atoms with van der Waals surface area (Å²) in [5.41, 5.74) is 8.84. The van der Waals surface area contributed by atoms with Gasteiger partial charge in [-0.1, -0.05) is 6.92 Å². The highest BCUT2D eigenvalue weighted by Gasteiger charge is 2.52. The number of urea groups is 1. The lowest BCUT2D eigenvalue weighted by molar-refractivity contribution is 0.249. The molecular weight excluding hydrogens is 178 g/mol. The first-order valence-corrected chi connectivity index (χ1v) is 5.27. The molecule has 2 amide bonds. The summed E-state index contributed by atoms with van der Waals surface area (Å²) in [7, 11) is 0. The van der Waals surface area contributed by atoms with Crippen molar-refractivity contribution in [3.8, 4) is 0 Å². The fraction of sp³-hybridized carbons (Fsp3) is 0.800. The molecule has 4 nitrogen and oxygen atoms in total. The highest BCUT2D eigenvalue weighted by molar-refractivity contribution is 5.94. The molecule has 0 aromatic rings. The Morgan fingerprint density at radius 3 is 2.93 bits per heavy atom. The van der Waals surface area contributed by atoms with Crippen LogP contribution >= 0.6 is 0 Å². The Morgan fingerprint density at radius 2 is 2.36 bits per heavy atom. The molecule has 14 heavy (non-hydrogen) atoms. The number of carbonyl (C=O) groups is 1. The van der Waals surface area contributed by atoms with E-state index in [1.54, 1.807) is 0 Å². The average molecular weight is 195 g/mol. The van der Waals surface area contributed by atoms with E-state index in [1.807, 2.05) is 0 Å². The lowest BCUT2D eigenvalue weighted by atomic mass is 9.76. The third kappa shape index (κ3) is 1.49. The molecule has 2 rings (SSSR count). The third-order valence-electron chi connectivity index (χ3n) is 3.66. The molecule has 4 heteroatoms. The van der Waals surface area contributed by atoms with Gasteiger partial charge >= 0.3 is 6.03 Å². The van der Waals surface area contributed by atoms with Crippen molar-refractivity contribution in [2.75, 3.05) is 0 Å². The second-order valence-corrected chi connectivity index (χ2v) is 4.48. The summed E-state index contributed by atoms with van der Waals surface area (Å²) in [5, 5.41) is 4.14. The first-order valence-electron chi connectivity index (χ1n) is 5.27. The maximum Gasteiger partial charge on any atom is 0.332 e. The molecule has 1 atom stereocenters. The van der Waals surface area contributed by atoms with Gasteiger partial charge in [0.05, 0.1) is 0 Å². The Morgan fingerprint density at radius 1 is 1.64 bits per heavy atom. The molecule has 0 heterocycles. The number of primary amides is 1. The maximum absolute atomic E-state index is 10.6. The van der Waals surface area contributed by atoms with Crippen molar-refractivity contribution in [3.63, 3.8) is 0 Å². The largest absolute Gasteiger partial charge is 0.350 e. The maximum atomic E-state index is 10.6. The van der Waals surface area contributed by atoms with Gasteiger partial charge in [0.25, 0.3) is 0 Å². The molecule has 2 aliphatic rings. The lowest BCUT2D eigenvalue weighted by Crippen LogP contribution is -2.33. The van der Waals surface area contributed by atoms with Crippen molar-refractivity contribution in [2.24, 2.45) is 22.2 Å². The van der Waals surface area contributed by atoms with Crippen LogP contribution in [-0.2, 0) is 0 Å². The van der Waals surface area contributed by atoms with Crippen molar-refractivity contribution in [1.82, 2.24) is 5.43 Å². The molecule has 1 unspecified atom stereocenters. The van der Waals surface area contributed by atoms with Crippen molar-refractivity contribution >= 4 is 11.7 Å². The SMILES string of the molecule is CC1CCC/C(=N/NC(N)=O)C12CC2. The monoisotopic (exact) mass is 195 g/mol. The Bertz CT molecular complexity index is 281. The molecule has 78 valence electrons. The van der Waals surface area contributed by atoms with Crippen LogP contribution in [0.4, 0.5) is 4.79 Å². The topological polar surface area (TPSA) is 67.5 Å². The van der Waals surface area contributed by atoms with Crippen LogP contribution in [0.2, 0.25) is 0 Å². The van der Waals surface area contributed by atoms with E-state index < -0.39 is 6.03 Å². The number of rotatable bonds is 1. The van der Waals surface area contributed by atoms with Gasteiger partial charge in [-0.15, -0.1) is 0 Å². The molecule has 2 saturated carbocycles. The number of carbonyl (C=O) groups excluding carboxylic acids is 1. The summed E-state index contributed by atoms with van der Waals surface area (Å²) in [6, 6.07) is -0.563. The summed E-state index contributed by atoms with van der Waals surface area (Å²) >= 11 is 0. The van der Waals surface area contributed by atoms with Gasteiger partial charge in [0.15, 0.2) is 0 Å². The zero-order valence-electron chi connectivity index (χ0n) is 8.55. The van der Waals surface area contributed by atoms with Crippen molar-refractivity contribution < 1.29 is 4.79 Å². The van der Waals surface area contributed by atoms with Gasteiger partial charge in [0.2, 0.25) is 0 Å². The summed E-state index contributed by atoms with van der Waals surface area (Å²) in [6.45, 7) is 2.28. The second kappa shape index (κ2) is 3.26. The van der Waals surface area contributed by atoms with E-state index in [2.05, 4.69) is 17.5 Å². The Balaban J connectivity index is 2.10. The highest BCUT2D eigenvalue weighted by Crippen LogP contribution is 2.57. The first kappa shape index (κ1) is 9.49. The van der Waals surface area contributed by atoms with Crippen LogP contribution in [0.3, 0.4) is 0 Å². The van der Waals surface area contributed by atoms with Gasteiger partial charge in [-0.25, -0.2) is 10.2 Å². The number of nitrogens with zero attached hydrogens (tertiary/aromatic N) is 1. The summed E-state index contributed by atoms with van der Waals surface area (Å²) in [6.07, 6.45) is 5.95. The zero-order chi connectivity index (χ0) is 10.2. The zero-order valence-corrected chi connectivity index (χ0v) is 8.55. The van der Waals surface area contributed by atoms with Gasteiger partial charge in [-0.05, 0) is 38.0 Å². The standard InChI is InChI=1S/C10H17N3O/c1-7-3-2-4-8(10(7)5-6-10)12-13-9(11)14/h7H,2-6H2,1H3,(H3,11,13,14)/b12-8-. The predicted molar refractivity (Wildman–Crippen MR) is 54.8 cm³/mol. The molecular formula is C10H17N3O. The van der Waals surface area contributed by atoms with Crippen LogP contribution in [0.25, 0.3) is 0 Å². The first-order chi connectivity index (χ1) is 6.65. The smallest absolute Gasteiger partial charge is 0.332 e. The molecule has 0 radical (unpaired) electrons. The van der Waals surface area contributed by atoms with Gasteiger partial charge in [-0.3, -0.25) is 0 Å². The van der Waals surface area contributed by atoms with Gasteiger partial charge in [-0.2, -0.15) is 5.10 Å². The number of hydrazone groups is 1. The minimum atomic E-state index is -0.563. The van der Waals surface area contributed by atoms with Gasteiger partial charge in [0, 0.05) is 11.1 Å². The van der Waals surface area contributed by atoms with Gasteiger partial charge < -0.3 is 5.73 Å². The van der Waals surface area contributed by atoms with E-state index in [1.165, 1.54) is 25.7 Å². The lowest BCUT2D eigenvalue weighted by Gasteiger charge is -2.30. The number of hydrogen-bond acceptors (Lipinski definition) is 2. The van der Waals surface area contributed by atoms with E-state index >= 15 is 0 Å². The Labute approximate surface area is 83.9 Å². The van der Waals surface area contributed by atoms with Crippen LogP contribution in [0, 0.1) is 11.3 Å². The predicted octanol–water partition coefficient (Wildman–Crippen LogP) is 1.61. The normalized spacial score (nSPS) is 31.8.